The van der Waals surface area contributed by atoms with Crippen molar-refractivity contribution in [2.45, 2.75) is 0 Å². The van der Waals surface area contributed by atoms with Gasteiger partial charge in [-0.3, -0.25) is 0 Å². The summed E-state index contributed by atoms with van der Waals surface area (Å²) in [5.41, 5.74) is 0. The zero-order chi connectivity index (χ0) is 3.58. The van der Waals surface area contributed by atoms with Crippen molar-refractivity contribution in [1.29, 1.82) is 0 Å². The summed E-state index contributed by atoms with van der Waals surface area (Å²) >= 11 is 0. The van der Waals surface area contributed by atoms with Crippen molar-refractivity contribution in [2.75, 3.05) is 21.1 Å². The van der Waals surface area contributed by atoms with Crippen molar-refractivity contribution in [2.24, 2.45) is 0 Å². The quantitative estimate of drug-likeness (QED) is 0.491. The molecule has 5 heavy (non-hydrogen) atoms. The maximum Gasteiger partial charge on any atom is 0 e. The Morgan fingerprint density at radius 2 is 1.00 bits per heavy atom. The van der Waals surface area contributed by atoms with Gasteiger partial charge >= 0.3 is 0 Å². The second-order valence-corrected chi connectivity index (χ2v) is 1.34. The van der Waals surface area contributed by atoms with Crippen LogP contribution in [0.15, 0.2) is 0 Å². The number of nitrogens with zero attached hydrogens (tertiary/aromatic N) is 1. The van der Waals surface area contributed by atoms with Crippen molar-refractivity contribution in [3.8, 4) is 0 Å². The first-order valence-electron chi connectivity index (χ1n) is 1.34. The Labute approximate surface area is 52.1 Å². The van der Waals surface area contributed by atoms with Crippen LogP contribution in [0.3, 0.4) is 0 Å². The molecule has 0 unspecified atom stereocenters. The summed E-state index contributed by atoms with van der Waals surface area (Å²) in [7, 11) is 6.00. The zero-order valence-electron chi connectivity index (χ0n) is 4.02. The van der Waals surface area contributed by atoms with Gasteiger partial charge in [0.25, 0.3) is 0 Å². The summed E-state index contributed by atoms with van der Waals surface area (Å²) in [6.45, 7) is 0. The fourth-order valence-electron chi connectivity index (χ4n) is 0. The van der Waals surface area contributed by atoms with Gasteiger partial charge in [-0.1, -0.05) is 0 Å². The second-order valence-electron chi connectivity index (χ2n) is 1.34. The molecule has 0 heterocycles. The second kappa shape index (κ2) is 4.83. The van der Waals surface area contributed by atoms with Crippen LogP contribution in [0.1, 0.15) is 0 Å². The number of hydrogen-bond donors (Lipinski definition) is 0. The van der Waals surface area contributed by atoms with E-state index in [4.69, 9.17) is 0 Å². The monoisotopic (exact) mass is 174 g/mol. The van der Waals surface area contributed by atoms with Crippen molar-refractivity contribution in [3.63, 3.8) is 0 Å². The van der Waals surface area contributed by atoms with Crippen molar-refractivity contribution < 1.29 is 0 Å². The van der Waals surface area contributed by atoms with Gasteiger partial charge in [-0.05, 0) is 21.1 Å². The molecule has 0 aromatic carbocycles. The Hall–Kier alpha value is 0.830. The third-order valence-electron chi connectivity index (χ3n) is 0. The Kier molecular flexibility index (Phi) is 8.96. The fourth-order valence-corrected chi connectivity index (χ4v) is 0. The van der Waals surface area contributed by atoms with E-state index in [-0.39, 0.29) is 25.8 Å². The molecule has 0 aliphatic carbocycles. The van der Waals surface area contributed by atoms with Crippen LogP contribution in [-0.4, -0.2) is 51.9 Å². The van der Waals surface area contributed by atoms with E-state index in [0.717, 1.165) is 0 Å². The third-order valence-corrected chi connectivity index (χ3v) is 0. The molecule has 0 saturated carbocycles. The Morgan fingerprint density at radius 1 is 1.00 bits per heavy atom. The van der Waals surface area contributed by atoms with Crippen molar-refractivity contribution in [3.05, 3.63) is 0 Å². The third kappa shape index (κ3) is 56.1. The van der Waals surface area contributed by atoms with E-state index >= 15 is 0 Å². The molecule has 2 heteroatoms. The predicted octanol–water partition coefficient (Wildman–Crippen LogP) is -0.203. The summed E-state index contributed by atoms with van der Waals surface area (Å²) in [6, 6.07) is 0. The fraction of sp³-hybridized carbons (Fsp3) is 1.00. The topological polar surface area (TPSA) is 3.24 Å². The molecule has 0 fully saturated rings. The van der Waals surface area contributed by atoms with Gasteiger partial charge in [0.05, 0.1) is 0 Å². The van der Waals surface area contributed by atoms with Gasteiger partial charge < -0.3 is 4.90 Å². The minimum atomic E-state index is 0. The van der Waals surface area contributed by atoms with Crippen LogP contribution in [-0.2, 0) is 0 Å². The van der Waals surface area contributed by atoms with Gasteiger partial charge in [0.1, 0.15) is 0 Å². The molecule has 0 aromatic rings. The van der Waals surface area contributed by atoms with E-state index in [9.17, 15) is 0 Å². The molecule has 29 valence electrons. The van der Waals surface area contributed by atoms with Crippen LogP contribution in [0.2, 0.25) is 0 Å². The molecule has 0 aliphatic rings. The molecule has 0 aromatic heterocycles. The molecule has 0 spiro atoms. The first-order valence-corrected chi connectivity index (χ1v) is 1.34. The first-order chi connectivity index (χ1) is 1.73. The smallest absolute Gasteiger partial charge is 0 e. The zero-order valence-corrected chi connectivity index (χ0v) is 7.32. The van der Waals surface area contributed by atoms with Gasteiger partial charge in [0, 0.05) is 25.8 Å². The van der Waals surface area contributed by atoms with E-state index in [1.165, 1.54) is 0 Å². The molecule has 0 saturated heterocycles. The molecule has 0 aliphatic heterocycles. The van der Waals surface area contributed by atoms with Crippen LogP contribution in [0, 0.1) is 0 Å². The van der Waals surface area contributed by atoms with Crippen LogP contribution < -0.4 is 0 Å². The van der Waals surface area contributed by atoms with E-state index in [1.807, 2.05) is 26.0 Å². The first kappa shape index (κ1) is 9.27. The van der Waals surface area contributed by atoms with E-state index < -0.39 is 0 Å². The minimum Gasteiger partial charge on any atom is -0.312 e. The molecule has 1 nitrogen and oxygen atoms in total. The summed E-state index contributed by atoms with van der Waals surface area (Å²) in [5.74, 6) is 0. The standard InChI is InChI=1S/C3H9N.In/c1-4(2)3;/h1-3H3;. The average molecular weight is 174 g/mol. The summed E-state index contributed by atoms with van der Waals surface area (Å²) < 4.78 is 0. The normalized spacial score (nSPS) is 7.20. The molecular formula is C3H9InN. The van der Waals surface area contributed by atoms with Gasteiger partial charge in [-0.15, -0.1) is 0 Å². The van der Waals surface area contributed by atoms with Crippen molar-refractivity contribution >= 4 is 25.8 Å². The average Bonchev–Trinajstić information content (AvgIpc) is 0.811. The Bertz CT molecular complexity index is 11.6. The molecule has 3 radical (unpaired) electrons. The molecule has 0 rings (SSSR count). The van der Waals surface area contributed by atoms with E-state index in [1.54, 1.807) is 0 Å². The van der Waals surface area contributed by atoms with Gasteiger partial charge in [0.2, 0.25) is 0 Å². The molecule has 0 amide bonds. The number of hydrogen-bond acceptors (Lipinski definition) is 1. The summed E-state index contributed by atoms with van der Waals surface area (Å²) in [5, 5.41) is 0. The molecule has 0 bridgehead atoms. The molecule has 0 N–H and O–H groups in total. The van der Waals surface area contributed by atoms with E-state index in [2.05, 4.69) is 0 Å². The minimum absolute atomic E-state index is 0. The predicted molar refractivity (Wildman–Crippen MR) is 25.4 cm³/mol. The maximum atomic E-state index is 2.00. The van der Waals surface area contributed by atoms with Crippen LogP contribution in [0.5, 0.6) is 0 Å². The van der Waals surface area contributed by atoms with Crippen LogP contribution in [0.4, 0.5) is 0 Å². The van der Waals surface area contributed by atoms with Gasteiger partial charge in [-0.25, -0.2) is 0 Å². The van der Waals surface area contributed by atoms with Gasteiger partial charge in [-0.2, -0.15) is 0 Å². The maximum absolute atomic E-state index is 2.00. The summed E-state index contributed by atoms with van der Waals surface area (Å²) in [6.07, 6.45) is 0. The Balaban J connectivity index is 0. The van der Waals surface area contributed by atoms with Crippen molar-refractivity contribution in [1.82, 2.24) is 4.90 Å². The van der Waals surface area contributed by atoms with Crippen LogP contribution >= 0.6 is 0 Å². The van der Waals surface area contributed by atoms with Gasteiger partial charge in [0.15, 0.2) is 0 Å². The summed E-state index contributed by atoms with van der Waals surface area (Å²) in [4.78, 5) is 2.00. The largest absolute Gasteiger partial charge is 0.312 e. The SMILES string of the molecule is CN(C)C.[In]. The van der Waals surface area contributed by atoms with Crippen LogP contribution in [0.25, 0.3) is 0 Å². The van der Waals surface area contributed by atoms with E-state index in [0.29, 0.717) is 0 Å². The molecule has 0 atom stereocenters. The Morgan fingerprint density at radius 3 is 1.00 bits per heavy atom. The molecular weight excluding hydrogens is 165 g/mol. The number of rotatable bonds is 0.